The van der Waals surface area contributed by atoms with E-state index in [9.17, 15) is 9.59 Å². The molecule has 0 atom stereocenters. The van der Waals surface area contributed by atoms with Crippen molar-refractivity contribution in [3.8, 4) is 5.69 Å². The molecule has 1 amide bonds. The summed E-state index contributed by atoms with van der Waals surface area (Å²) >= 11 is 0. The molecule has 8 nitrogen and oxygen atoms in total. The lowest BCUT2D eigenvalue weighted by Crippen LogP contribution is -2.28. The number of hydrogen-bond donors (Lipinski definition) is 1. The van der Waals surface area contributed by atoms with Crippen molar-refractivity contribution in [2.75, 3.05) is 5.32 Å². The molecule has 4 aromatic rings. The summed E-state index contributed by atoms with van der Waals surface area (Å²) in [4.78, 5) is 24.8. The molecule has 0 bridgehead atoms. The molecule has 3 aromatic heterocycles. The first-order valence-electron chi connectivity index (χ1n) is 8.49. The molecule has 8 heteroatoms. The normalized spacial score (nSPS) is 11.0. The van der Waals surface area contributed by atoms with Gasteiger partial charge in [0.1, 0.15) is 12.4 Å². The molecule has 0 fully saturated rings. The van der Waals surface area contributed by atoms with Gasteiger partial charge in [-0.2, -0.15) is 5.10 Å². The van der Waals surface area contributed by atoms with Crippen LogP contribution in [0.1, 0.15) is 11.3 Å². The first-order chi connectivity index (χ1) is 13.0. The molecule has 0 saturated heterocycles. The third-order valence-electron chi connectivity index (χ3n) is 4.16. The van der Waals surface area contributed by atoms with Gasteiger partial charge < -0.3 is 5.32 Å². The lowest BCUT2D eigenvalue weighted by atomic mass is 10.2. The van der Waals surface area contributed by atoms with Crippen molar-refractivity contribution < 1.29 is 4.79 Å². The van der Waals surface area contributed by atoms with Gasteiger partial charge in [0.05, 0.1) is 11.4 Å². The number of carbonyl (C=O) groups excluding carboxylic acids is 1. The molecule has 27 heavy (non-hydrogen) atoms. The lowest BCUT2D eigenvalue weighted by molar-refractivity contribution is -0.117. The smallest absolute Gasteiger partial charge is 0.309 e. The van der Waals surface area contributed by atoms with Gasteiger partial charge >= 0.3 is 5.69 Å². The molecule has 136 valence electrons. The van der Waals surface area contributed by atoms with Gasteiger partial charge in [-0.15, -0.1) is 5.10 Å². The van der Waals surface area contributed by atoms with E-state index in [2.05, 4.69) is 15.5 Å². The number of aryl methyl sites for hydroxylation is 2. The Labute approximate surface area is 154 Å². The molecule has 1 aromatic carbocycles. The van der Waals surface area contributed by atoms with Crippen molar-refractivity contribution in [1.29, 1.82) is 0 Å². The highest BCUT2D eigenvalue weighted by atomic mass is 16.2. The second-order valence-corrected chi connectivity index (χ2v) is 6.34. The Kier molecular flexibility index (Phi) is 4.08. The minimum atomic E-state index is -0.357. The van der Waals surface area contributed by atoms with Gasteiger partial charge in [0.2, 0.25) is 5.91 Å². The maximum Gasteiger partial charge on any atom is 0.350 e. The second-order valence-electron chi connectivity index (χ2n) is 6.34. The molecule has 4 rings (SSSR count). The zero-order valence-corrected chi connectivity index (χ0v) is 15.0. The van der Waals surface area contributed by atoms with Crippen molar-refractivity contribution in [1.82, 2.24) is 24.0 Å². The summed E-state index contributed by atoms with van der Waals surface area (Å²) in [6, 6.07) is 14.9. The predicted octanol–water partition coefficient (Wildman–Crippen LogP) is 1.94. The zero-order chi connectivity index (χ0) is 19.0. The van der Waals surface area contributed by atoms with E-state index < -0.39 is 0 Å². The molecule has 0 saturated carbocycles. The van der Waals surface area contributed by atoms with Crippen LogP contribution in [-0.4, -0.2) is 29.9 Å². The van der Waals surface area contributed by atoms with E-state index in [-0.39, 0.29) is 18.1 Å². The van der Waals surface area contributed by atoms with Crippen LogP contribution in [0.15, 0.2) is 59.5 Å². The summed E-state index contributed by atoms with van der Waals surface area (Å²) in [7, 11) is 0. The highest BCUT2D eigenvalue weighted by molar-refractivity contribution is 5.90. The van der Waals surface area contributed by atoms with E-state index in [4.69, 9.17) is 0 Å². The Morgan fingerprint density at radius 2 is 1.85 bits per heavy atom. The minimum Gasteiger partial charge on any atom is -0.309 e. The Bertz CT molecular complexity index is 1180. The van der Waals surface area contributed by atoms with Crippen LogP contribution in [0.25, 0.3) is 11.3 Å². The van der Waals surface area contributed by atoms with Gasteiger partial charge in [0.25, 0.3) is 0 Å². The van der Waals surface area contributed by atoms with Crippen molar-refractivity contribution in [3.05, 3.63) is 76.5 Å². The largest absolute Gasteiger partial charge is 0.350 e. The predicted molar refractivity (Wildman–Crippen MR) is 101 cm³/mol. The quantitative estimate of drug-likeness (QED) is 0.601. The van der Waals surface area contributed by atoms with Crippen LogP contribution in [0.2, 0.25) is 0 Å². The first kappa shape index (κ1) is 16.8. The lowest BCUT2D eigenvalue weighted by Gasteiger charge is -2.09. The number of rotatable bonds is 4. The fourth-order valence-electron chi connectivity index (χ4n) is 2.86. The van der Waals surface area contributed by atoms with Crippen molar-refractivity contribution in [2.24, 2.45) is 0 Å². The average molecular weight is 362 g/mol. The van der Waals surface area contributed by atoms with Gasteiger partial charge in [-0.1, -0.05) is 23.8 Å². The highest BCUT2D eigenvalue weighted by Gasteiger charge is 2.14. The Morgan fingerprint density at radius 1 is 1.07 bits per heavy atom. The summed E-state index contributed by atoms with van der Waals surface area (Å²) in [6.45, 7) is 3.68. The van der Waals surface area contributed by atoms with Gasteiger partial charge in [-0.3, -0.25) is 9.20 Å². The molecule has 0 aliphatic carbocycles. The molecular weight excluding hydrogens is 344 g/mol. The SMILES string of the molecule is Cc1ccc(-n2nc(C)cc2NC(=O)Cn2nc3ccccn3c2=O)cc1. The average Bonchev–Trinajstić information content (AvgIpc) is 3.16. The summed E-state index contributed by atoms with van der Waals surface area (Å²) in [5.74, 6) is 0.187. The number of fused-ring (bicyclic) bond motifs is 1. The zero-order valence-electron chi connectivity index (χ0n) is 15.0. The number of hydrogen-bond acceptors (Lipinski definition) is 4. The Balaban J connectivity index is 1.59. The first-order valence-corrected chi connectivity index (χ1v) is 8.49. The van der Waals surface area contributed by atoms with E-state index in [0.29, 0.717) is 11.5 Å². The molecule has 1 N–H and O–H groups in total. The molecule has 0 aliphatic heterocycles. The number of nitrogens with one attached hydrogen (secondary N) is 1. The maximum absolute atomic E-state index is 12.5. The number of aromatic nitrogens is 5. The van der Waals surface area contributed by atoms with E-state index in [1.165, 1.54) is 4.40 Å². The van der Waals surface area contributed by atoms with Crippen LogP contribution in [0.4, 0.5) is 5.82 Å². The van der Waals surface area contributed by atoms with E-state index in [1.54, 1.807) is 35.1 Å². The maximum atomic E-state index is 12.5. The fraction of sp³-hybridized carbons (Fsp3) is 0.158. The topological polar surface area (TPSA) is 86.2 Å². The van der Waals surface area contributed by atoms with Crippen LogP contribution in [0, 0.1) is 13.8 Å². The molecule has 0 radical (unpaired) electrons. The molecule has 0 aliphatic rings. The van der Waals surface area contributed by atoms with Crippen LogP contribution in [-0.2, 0) is 11.3 Å². The van der Waals surface area contributed by atoms with E-state index in [1.807, 2.05) is 38.1 Å². The molecular formula is C19H18N6O2. The standard InChI is InChI=1S/C19H18N6O2/c1-13-6-8-15(9-7-13)25-17(11-14(2)21-25)20-18(26)12-24-19(27)23-10-4-3-5-16(23)22-24/h3-11H,12H2,1-2H3,(H,20,26). The van der Waals surface area contributed by atoms with Crippen LogP contribution < -0.4 is 11.0 Å². The highest BCUT2D eigenvalue weighted by Crippen LogP contribution is 2.17. The van der Waals surface area contributed by atoms with E-state index >= 15 is 0 Å². The van der Waals surface area contributed by atoms with Crippen molar-refractivity contribution >= 4 is 17.4 Å². The Hall–Kier alpha value is -3.68. The van der Waals surface area contributed by atoms with Gasteiger partial charge in [-0.25, -0.2) is 14.2 Å². The molecule has 0 unspecified atom stereocenters. The minimum absolute atomic E-state index is 0.182. The Morgan fingerprint density at radius 3 is 2.59 bits per heavy atom. The summed E-state index contributed by atoms with van der Waals surface area (Å²) in [6.07, 6.45) is 1.62. The van der Waals surface area contributed by atoms with Gasteiger partial charge in [0.15, 0.2) is 5.65 Å². The third kappa shape index (κ3) is 3.24. The van der Waals surface area contributed by atoms with Gasteiger partial charge in [0, 0.05) is 12.3 Å². The number of benzene rings is 1. The number of anilines is 1. The fourth-order valence-corrected chi connectivity index (χ4v) is 2.86. The number of carbonyl (C=O) groups is 1. The summed E-state index contributed by atoms with van der Waals surface area (Å²) in [5.41, 5.74) is 2.89. The number of pyridine rings is 1. The van der Waals surface area contributed by atoms with Gasteiger partial charge in [-0.05, 0) is 38.1 Å². The molecule has 0 spiro atoms. The van der Waals surface area contributed by atoms with Crippen LogP contribution in [0.5, 0.6) is 0 Å². The summed E-state index contributed by atoms with van der Waals surface area (Å²) < 4.78 is 4.21. The molecule has 3 heterocycles. The van der Waals surface area contributed by atoms with E-state index in [0.717, 1.165) is 21.6 Å². The monoisotopic (exact) mass is 362 g/mol. The van der Waals surface area contributed by atoms with Crippen LogP contribution >= 0.6 is 0 Å². The van der Waals surface area contributed by atoms with Crippen molar-refractivity contribution in [3.63, 3.8) is 0 Å². The third-order valence-corrected chi connectivity index (χ3v) is 4.16. The van der Waals surface area contributed by atoms with Crippen molar-refractivity contribution in [2.45, 2.75) is 20.4 Å². The van der Waals surface area contributed by atoms with Crippen LogP contribution in [0.3, 0.4) is 0 Å². The number of amides is 1. The summed E-state index contributed by atoms with van der Waals surface area (Å²) in [5, 5.41) is 11.4. The second kappa shape index (κ2) is 6.56. The number of nitrogens with zero attached hydrogens (tertiary/aromatic N) is 5.